The summed E-state index contributed by atoms with van der Waals surface area (Å²) in [4.78, 5) is 25.9. The number of fused-ring (bicyclic) bond motifs is 3. The summed E-state index contributed by atoms with van der Waals surface area (Å²) in [6.45, 7) is 9.13. The molecule has 0 aliphatic carbocycles. The van der Waals surface area contributed by atoms with E-state index in [4.69, 9.17) is 9.84 Å². The Kier molecular flexibility index (Phi) is 5.51. The summed E-state index contributed by atoms with van der Waals surface area (Å²) < 4.78 is 7.56. The van der Waals surface area contributed by atoms with Gasteiger partial charge in [0.05, 0.1) is 23.3 Å². The predicted molar refractivity (Wildman–Crippen MR) is 144 cm³/mol. The Morgan fingerprint density at radius 2 is 1.84 bits per heavy atom. The van der Waals surface area contributed by atoms with Crippen LogP contribution in [0.2, 0.25) is 0 Å². The fraction of sp³-hybridized carbons (Fsp3) is 0.357. The molecule has 1 amide bonds. The standard InChI is InChI=1S/C28H31N7O2/c1-18-9-11-29-24(13-18)31-26-22-7-5-6-8-23(22)35(32-26)19-10-12-30-25(15-19)33-16-21-14-20(33)17-34(21)27(36)37-28(2,3)4/h5-13,15,20-21H,14,16-17H2,1-4H3,(H,29,31,32)/t20-,21-/m0/s1. The molecule has 2 aliphatic heterocycles. The lowest BCUT2D eigenvalue weighted by atomic mass is 10.2. The lowest BCUT2D eigenvalue weighted by molar-refractivity contribution is 0.0214. The summed E-state index contributed by atoms with van der Waals surface area (Å²) in [7, 11) is 0. The van der Waals surface area contributed by atoms with Crippen molar-refractivity contribution in [1.82, 2.24) is 24.6 Å². The van der Waals surface area contributed by atoms with Crippen LogP contribution in [-0.4, -0.2) is 61.5 Å². The van der Waals surface area contributed by atoms with Gasteiger partial charge in [-0.25, -0.2) is 19.4 Å². The van der Waals surface area contributed by atoms with Crippen LogP contribution in [0.1, 0.15) is 32.8 Å². The van der Waals surface area contributed by atoms with Crippen LogP contribution in [0, 0.1) is 6.92 Å². The number of carbonyl (C=O) groups excluding carboxylic acids is 1. The van der Waals surface area contributed by atoms with Crippen LogP contribution in [0.15, 0.2) is 60.9 Å². The van der Waals surface area contributed by atoms with Gasteiger partial charge in [0.1, 0.15) is 17.2 Å². The van der Waals surface area contributed by atoms with Crippen LogP contribution in [0.5, 0.6) is 0 Å². The molecule has 3 aromatic heterocycles. The van der Waals surface area contributed by atoms with Gasteiger partial charge in [-0.05, 0) is 70.0 Å². The molecule has 190 valence electrons. The molecular weight excluding hydrogens is 466 g/mol. The van der Waals surface area contributed by atoms with E-state index in [1.807, 2.05) is 73.8 Å². The zero-order valence-electron chi connectivity index (χ0n) is 21.5. The molecule has 1 N–H and O–H groups in total. The van der Waals surface area contributed by atoms with E-state index >= 15 is 0 Å². The molecule has 4 aromatic rings. The van der Waals surface area contributed by atoms with Crippen LogP contribution in [-0.2, 0) is 4.74 Å². The van der Waals surface area contributed by atoms with Gasteiger partial charge < -0.3 is 19.9 Å². The third-order valence-electron chi connectivity index (χ3n) is 6.89. The quantitative estimate of drug-likeness (QED) is 0.421. The number of hydrogen-bond acceptors (Lipinski definition) is 7. The van der Waals surface area contributed by atoms with Crippen LogP contribution < -0.4 is 10.2 Å². The van der Waals surface area contributed by atoms with E-state index in [0.29, 0.717) is 6.54 Å². The van der Waals surface area contributed by atoms with Gasteiger partial charge in [-0.15, -0.1) is 5.10 Å². The largest absolute Gasteiger partial charge is 0.444 e. The second kappa shape index (κ2) is 8.76. The van der Waals surface area contributed by atoms with Crippen LogP contribution in [0.25, 0.3) is 16.6 Å². The number of aryl methyl sites for hydroxylation is 1. The third-order valence-corrected chi connectivity index (χ3v) is 6.89. The Morgan fingerprint density at radius 3 is 2.59 bits per heavy atom. The number of para-hydroxylation sites is 1. The average molecular weight is 498 g/mol. The zero-order chi connectivity index (χ0) is 25.7. The molecule has 37 heavy (non-hydrogen) atoms. The van der Waals surface area contributed by atoms with Gasteiger partial charge in [-0.1, -0.05) is 12.1 Å². The summed E-state index contributed by atoms with van der Waals surface area (Å²) in [6, 6.07) is 16.5. The molecule has 2 aliphatic rings. The molecule has 5 heterocycles. The first-order chi connectivity index (χ1) is 17.7. The summed E-state index contributed by atoms with van der Waals surface area (Å²) in [5.41, 5.74) is 2.56. The molecule has 9 heteroatoms. The Bertz CT molecular complexity index is 1470. The number of hydrogen-bond donors (Lipinski definition) is 1. The normalized spacial score (nSPS) is 19.0. The first kappa shape index (κ1) is 23.3. The number of benzene rings is 1. The lowest BCUT2D eigenvalue weighted by Gasteiger charge is -2.35. The number of ether oxygens (including phenoxy) is 1. The molecule has 2 bridgehead atoms. The molecule has 0 unspecified atom stereocenters. The molecule has 1 aromatic carbocycles. The molecule has 0 radical (unpaired) electrons. The van der Waals surface area contributed by atoms with E-state index in [1.165, 1.54) is 0 Å². The summed E-state index contributed by atoms with van der Waals surface area (Å²) >= 11 is 0. The highest BCUT2D eigenvalue weighted by molar-refractivity contribution is 5.92. The topological polar surface area (TPSA) is 88.4 Å². The van der Waals surface area contributed by atoms with Crippen molar-refractivity contribution < 1.29 is 9.53 Å². The number of aromatic nitrogens is 4. The van der Waals surface area contributed by atoms with Crippen molar-refractivity contribution in [2.45, 2.75) is 51.8 Å². The van der Waals surface area contributed by atoms with E-state index in [0.717, 1.165) is 52.6 Å². The SMILES string of the molecule is Cc1ccnc(Nc2nn(-c3ccnc(N4C[C@@H]5C[C@H]4CN5C(=O)OC(C)(C)C)c3)c3ccccc23)c1. The monoisotopic (exact) mass is 497 g/mol. The van der Waals surface area contributed by atoms with E-state index in [1.54, 1.807) is 6.20 Å². The van der Waals surface area contributed by atoms with Gasteiger partial charge in [0.25, 0.3) is 0 Å². The van der Waals surface area contributed by atoms with Gasteiger partial charge in [-0.3, -0.25) is 0 Å². The highest BCUT2D eigenvalue weighted by atomic mass is 16.6. The number of nitrogens with zero attached hydrogens (tertiary/aromatic N) is 6. The predicted octanol–water partition coefficient (Wildman–Crippen LogP) is 5.07. The van der Waals surface area contributed by atoms with Crippen LogP contribution in [0.4, 0.5) is 22.2 Å². The van der Waals surface area contributed by atoms with E-state index in [9.17, 15) is 4.79 Å². The van der Waals surface area contributed by atoms with Crippen molar-refractivity contribution in [1.29, 1.82) is 0 Å². The number of piperazine rings is 1. The minimum Gasteiger partial charge on any atom is -0.444 e. The zero-order valence-corrected chi connectivity index (χ0v) is 21.5. The average Bonchev–Trinajstić information content (AvgIpc) is 3.57. The maximum absolute atomic E-state index is 12.7. The number of rotatable bonds is 4. The highest BCUT2D eigenvalue weighted by Crippen LogP contribution is 2.36. The number of nitrogens with one attached hydrogen (secondary N) is 1. The minimum atomic E-state index is -0.496. The molecule has 0 spiro atoms. The molecule has 2 atom stereocenters. The summed E-state index contributed by atoms with van der Waals surface area (Å²) in [5.74, 6) is 2.40. The molecular formula is C28H31N7O2. The van der Waals surface area contributed by atoms with Gasteiger partial charge >= 0.3 is 6.09 Å². The minimum absolute atomic E-state index is 0.133. The van der Waals surface area contributed by atoms with Gasteiger partial charge in [0.2, 0.25) is 0 Å². The Morgan fingerprint density at radius 1 is 1.03 bits per heavy atom. The van der Waals surface area contributed by atoms with E-state index in [2.05, 4.69) is 38.4 Å². The molecule has 2 saturated heterocycles. The molecule has 2 fully saturated rings. The van der Waals surface area contributed by atoms with Crippen molar-refractivity contribution in [3.8, 4) is 5.69 Å². The van der Waals surface area contributed by atoms with E-state index in [-0.39, 0.29) is 18.2 Å². The van der Waals surface area contributed by atoms with Crippen molar-refractivity contribution in [2.75, 3.05) is 23.3 Å². The summed E-state index contributed by atoms with van der Waals surface area (Å²) in [5, 5.41) is 9.31. The van der Waals surface area contributed by atoms with Crippen LogP contribution >= 0.6 is 0 Å². The summed E-state index contributed by atoms with van der Waals surface area (Å²) in [6.07, 6.45) is 4.31. The molecule has 0 saturated carbocycles. The lowest BCUT2D eigenvalue weighted by Crippen LogP contribution is -2.50. The first-order valence-electron chi connectivity index (χ1n) is 12.7. The molecule has 6 rings (SSSR count). The van der Waals surface area contributed by atoms with Gasteiger partial charge in [0, 0.05) is 36.9 Å². The number of carbonyl (C=O) groups is 1. The number of anilines is 3. The molecule has 9 nitrogen and oxygen atoms in total. The van der Waals surface area contributed by atoms with Crippen molar-refractivity contribution >= 4 is 34.4 Å². The highest BCUT2D eigenvalue weighted by Gasteiger charge is 2.47. The Hall–Kier alpha value is -4.14. The van der Waals surface area contributed by atoms with Crippen molar-refractivity contribution in [3.05, 3.63) is 66.5 Å². The number of amides is 1. The van der Waals surface area contributed by atoms with Crippen molar-refractivity contribution in [3.63, 3.8) is 0 Å². The third kappa shape index (κ3) is 4.45. The van der Waals surface area contributed by atoms with Crippen molar-refractivity contribution in [2.24, 2.45) is 0 Å². The smallest absolute Gasteiger partial charge is 0.410 e. The van der Waals surface area contributed by atoms with E-state index < -0.39 is 5.60 Å². The van der Waals surface area contributed by atoms with Gasteiger partial charge in [0.15, 0.2) is 5.82 Å². The Labute approximate surface area is 216 Å². The maximum atomic E-state index is 12.7. The second-order valence-electron chi connectivity index (χ2n) is 10.8. The first-order valence-corrected chi connectivity index (χ1v) is 12.7. The fourth-order valence-electron chi connectivity index (χ4n) is 5.27. The van der Waals surface area contributed by atoms with Crippen LogP contribution in [0.3, 0.4) is 0 Å². The Balaban J connectivity index is 1.27. The fourth-order valence-corrected chi connectivity index (χ4v) is 5.27. The number of likely N-dealkylation sites (tertiary alicyclic amines) is 1. The number of pyridine rings is 2. The maximum Gasteiger partial charge on any atom is 0.410 e. The second-order valence-corrected chi connectivity index (χ2v) is 10.8. The van der Waals surface area contributed by atoms with Gasteiger partial charge in [-0.2, -0.15) is 0 Å².